The van der Waals surface area contributed by atoms with Gasteiger partial charge in [0, 0.05) is 18.5 Å². The van der Waals surface area contributed by atoms with E-state index in [9.17, 15) is 4.79 Å². The lowest BCUT2D eigenvalue weighted by atomic mass is 9.49. The fourth-order valence-electron chi connectivity index (χ4n) is 6.24. The molecule has 5 aliphatic rings. The Morgan fingerprint density at radius 2 is 1.72 bits per heavy atom. The fourth-order valence-corrected chi connectivity index (χ4v) is 7.01. The van der Waals surface area contributed by atoms with Crippen molar-refractivity contribution < 1.29 is 9.21 Å². The molecule has 0 N–H and O–H groups in total. The molecule has 1 atom stereocenters. The second-order valence-corrected chi connectivity index (χ2v) is 10.2. The number of aromatic nitrogens is 2. The summed E-state index contributed by atoms with van der Waals surface area (Å²) >= 11 is 1.43. The van der Waals surface area contributed by atoms with Crippen LogP contribution in [-0.4, -0.2) is 39.3 Å². The average Bonchev–Trinajstić information content (AvgIpc) is 3.25. The molecule has 6 rings (SSSR count). The van der Waals surface area contributed by atoms with Crippen molar-refractivity contribution in [1.29, 1.82) is 0 Å². The van der Waals surface area contributed by atoms with Crippen LogP contribution in [0, 0.1) is 17.8 Å². The van der Waals surface area contributed by atoms with Gasteiger partial charge in [0.15, 0.2) is 0 Å². The standard InChI is InChI=1S/C19H27N3O2S/c1-12(16(23)22-4-2-3-5-22)25-18-21-20-17(24-18)19-9-13-6-14(10-19)8-15(7-13)11-19/h12-15H,2-11H2,1H3/t12-,13?,14?,15?,19?/m0/s1. The number of rotatable bonds is 4. The van der Waals surface area contributed by atoms with E-state index in [0.717, 1.165) is 49.6 Å². The van der Waals surface area contributed by atoms with E-state index in [4.69, 9.17) is 4.42 Å². The summed E-state index contributed by atoms with van der Waals surface area (Å²) in [7, 11) is 0. The molecule has 1 aromatic heterocycles. The monoisotopic (exact) mass is 361 g/mol. The Morgan fingerprint density at radius 3 is 2.32 bits per heavy atom. The Bertz CT molecular complexity index is 632. The van der Waals surface area contributed by atoms with E-state index in [0.29, 0.717) is 5.22 Å². The summed E-state index contributed by atoms with van der Waals surface area (Å²) in [6.07, 6.45) is 10.2. The molecular formula is C19H27N3O2S. The van der Waals surface area contributed by atoms with Gasteiger partial charge in [0.1, 0.15) is 0 Å². The first-order chi connectivity index (χ1) is 12.1. The second-order valence-electron chi connectivity index (χ2n) is 8.86. The van der Waals surface area contributed by atoms with E-state index in [-0.39, 0.29) is 16.6 Å². The van der Waals surface area contributed by atoms with Crippen LogP contribution >= 0.6 is 11.8 Å². The number of likely N-dealkylation sites (tertiary alicyclic amines) is 1. The van der Waals surface area contributed by atoms with Gasteiger partial charge in [0.2, 0.25) is 11.8 Å². The van der Waals surface area contributed by atoms with Gasteiger partial charge in [0.05, 0.1) is 5.25 Å². The normalized spacial score (nSPS) is 37.6. The molecule has 5 nitrogen and oxygen atoms in total. The molecule has 4 saturated carbocycles. The van der Waals surface area contributed by atoms with Crippen LogP contribution in [0.15, 0.2) is 9.64 Å². The summed E-state index contributed by atoms with van der Waals surface area (Å²) < 4.78 is 6.12. The minimum Gasteiger partial charge on any atom is -0.415 e. The SMILES string of the molecule is C[C@H](Sc1nnc(C23CC4CC(CC(C4)C2)C3)o1)C(=O)N1CCCC1. The molecule has 1 aliphatic heterocycles. The summed E-state index contributed by atoms with van der Waals surface area (Å²) in [6, 6.07) is 0. The van der Waals surface area contributed by atoms with E-state index in [1.165, 1.54) is 50.3 Å². The van der Waals surface area contributed by atoms with Gasteiger partial charge in [-0.15, -0.1) is 10.2 Å². The van der Waals surface area contributed by atoms with E-state index < -0.39 is 0 Å². The molecule has 0 unspecified atom stereocenters. The van der Waals surface area contributed by atoms with Crippen LogP contribution in [0.4, 0.5) is 0 Å². The molecule has 6 heteroatoms. The highest BCUT2D eigenvalue weighted by Gasteiger charge is 2.54. The summed E-state index contributed by atoms with van der Waals surface area (Å²) in [5.74, 6) is 3.66. The number of thioether (sulfide) groups is 1. The predicted octanol–water partition coefficient (Wildman–Crippen LogP) is 3.64. The van der Waals surface area contributed by atoms with Crippen LogP contribution in [0.5, 0.6) is 0 Å². The molecule has 0 spiro atoms. The van der Waals surface area contributed by atoms with Crippen LogP contribution in [0.1, 0.15) is 64.2 Å². The Kier molecular flexibility index (Phi) is 3.88. The molecule has 5 fully saturated rings. The van der Waals surface area contributed by atoms with Crippen molar-refractivity contribution in [1.82, 2.24) is 15.1 Å². The Labute approximate surface area is 153 Å². The number of nitrogens with zero attached hydrogens (tertiary/aromatic N) is 3. The number of hydrogen-bond acceptors (Lipinski definition) is 5. The molecular weight excluding hydrogens is 334 g/mol. The number of amides is 1. The Balaban J connectivity index is 1.30. The van der Waals surface area contributed by atoms with Crippen LogP contribution in [0.25, 0.3) is 0 Å². The third-order valence-electron chi connectivity index (χ3n) is 6.94. The van der Waals surface area contributed by atoms with Gasteiger partial charge >= 0.3 is 0 Å². The van der Waals surface area contributed by atoms with Gasteiger partial charge in [0.25, 0.3) is 5.22 Å². The topological polar surface area (TPSA) is 59.2 Å². The van der Waals surface area contributed by atoms with Crippen LogP contribution in [0.3, 0.4) is 0 Å². The maximum Gasteiger partial charge on any atom is 0.277 e. The lowest BCUT2D eigenvalue weighted by Gasteiger charge is -2.55. The average molecular weight is 362 g/mol. The highest BCUT2D eigenvalue weighted by molar-refractivity contribution is 8.00. The molecule has 136 valence electrons. The van der Waals surface area contributed by atoms with Crippen LogP contribution < -0.4 is 0 Å². The van der Waals surface area contributed by atoms with Crippen LogP contribution in [0.2, 0.25) is 0 Å². The molecule has 1 aromatic rings. The van der Waals surface area contributed by atoms with Crippen molar-refractivity contribution >= 4 is 17.7 Å². The van der Waals surface area contributed by atoms with Crippen molar-refractivity contribution in [2.24, 2.45) is 17.8 Å². The van der Waals surface area contributed by atoms with Crippen molar-refractivity contribution in [3.8, 4) is 0 Å². The van der Waals surface area contributed by atoms with Gasteiger partial charge < -0.3 is 9.32 Å². The Morgan fingerprint density at radius 1 is 1.12 bits per heavy atom. The number of carbonyl (C=O) groups excluding carboxylic acids is 1. The largest absolute Gasteiger partial charge is 0.415 e. The van der Waals surface area contributed by atoms with Gasteiger partial charge in [-0.3, -0.25) is 4.79 Å². The Hall–Kier alpha value is -1.04. The predicted molar refractivity (Wildman–Crippen MR) is 95.3 cm³/mol. The van der Waals surface area contributed by atoms with Crippen molar-refractivity contribution in [3.05, 3.63) is 5.89 Å². The highest BCUT2D eigenvalue weighted by atomic mass is 32.2. The molecule has 0 aromatic carbocycles. The molecule has 1 saturated heterocycles. The molecule has 0 radical (unpaired) electrons. The van der Waals surface area contributed by atoms with Crippen LogP contribution in [-0.2, 0) is 10.2 Å². The van der Waals surface area contributed by atoms with Gasteiger partial charge in [-0.2, -0.15) is 0 Å². The third kappa shape index (κ3) is 2.81. The van der Waals surface area contributed by atoms with Gasteiger partial charge in [-0.1, -0.05) is 11.8 Å². The van der Waals surface area contributed by atoms with Crippen molar-refractivity contribution in [2.75, 3.05) is 13.1 Å². The molecule has 25 heavy (non-hydrogen) atoms. The third-order valence-corrected chi connectivity index (χ3v) is 7.86. The van der Waals surface area contributed by atoms with E-state index >= 15 is 0 Å². The van der Waals surface area contributed by atoms with Crippen molar-refractivity contribution in [3.63, 3.8) is 0 Å². The van der Waals surface area contributed by atoms with Gasteiger partial charge in [-0.05, 0) is 76.0 Å². The summed E-state index contributed by atoms with van der Waals surface area (Å²) in [6.45, 7) is 3.75. The number of carbonyl (C=O) groups is 1. The lowest BCUT2D eigenvalue weighted by Crippen LogP contribution is -2.48. The smallest absolute Gasteiger partial charge is 0.277 e. The first kappa shape index (κ1) is 16.2. The first-order valence-corrected chi connectivity index (χ1v) is 10.8. The lowest BCUT2D eigenvalue weighted by molar-refractivity contribution is -0.129. The zero-order valence-corrected chi connectivity index (χ0v) is 15.8. The van der Waals surface area contributed by atoms with E-state index in [2.05, 4.69) is 10.2 Å². The maximum atomic E-state index is 12.5. The summed E-state index contributed by atoms with van der Waals surface area (Å²) in [5, 5.41) is 9.18. The number of hydrogen-bond donors (Lipinski definition) is 0. The molecule has 4 bridgehead atoms. The summed E-state index contributed by atoms with van der Waals surface area (Å²) in [5.41, 5.74) is 0.142. The van der Waals surface area contributed by atoms with Crippen molar-refractivity contribution in [2.45, 2.75) is 74.2 Å². The molecule has 1 amide bonds. The fraction of sp³-hybridized carbons (Fsp3) is 0.842. The molecule has 4 aliphatic carbocycles. The minimum atomic E-state index is -0.150. The second kappa shape index (κ2) is 6.00. The zero-order chi connectivity index (χ0) is 17.0. The quantitative estimate of drug-likeness (QED) is 0.766. The zero-order valence-electron chi connectivity index (χ0n) is 14.9. The highest BCUT2D eigenvalue weighted by Crippen LogP contribution is 2.60. The van der Waals surface area contributed by atoms with E-state index in [1.807, 2.05) is 11.8 Å². The summed E-state index contributed by atoms with van der Waals surface area (Å²) in [4.78, 5) is 14.5. The minimum absolute atomic E-state index is 0.142. The maximum absolute atomic E-state index is 12.5. The van der Waals surface area contributed by atoms with Gasteiger partial charge in [-0.25, -0.2) is 0 Å². The first-order valence-electron chi connectivity index (χ1n) is 9.91. The molecule has 2 heterocycles. The van der Waals surface area contributed by atoms with E-state index in [1.54, 1.807) is 0 Å².